The van der Waals surface area contributed by atoms with E-state index in [2.05, 4.69) is 30.9 Å². The van der Waals surface area contributed by atoms with E-state index in [0.717, 1.165) is 29.3 Å². The molecule has 0 saturated heterocycles. The summed E-state index contributed by atoms with van der Waals surface area (Å²) in [6.07, 6.45) is 5.61. The van der Waals surface area contributed by atoms with E-state index in [1.54, 1.807) is 0 Å². The van der Waals surface area contributed by atoms with Crippen LogP contribution in [0.15, 0.2) is 46.1 Å². The van der Waals surface area contributed by atoms with Crippen LogP contribution in [0.1, 0.15) is 35.2 Å². The van der Waals surface area contributed by atoms with Crippen LogP contribution in [0.4, 0.5) is 0 Å². The molecular formula is C17H17BrN4O2. The molecule has 3 rings (SSSR count). The Morgan fingerprint density at radius 3 is 2.38 bits per heavy atom. The number of aromatic nitrogens is 2. The first-order valence-corrected chi connectivity index (χ1v) is 8.35. The molecule has 0 unspecified atom stereocenters. The maximum Gasteiger partial charge on any atom is 0.316 e. The topological polar surface area (TPSA) is 90.5 Å². The standard InChI is InChI=1S/C17H17BrN4O2/c1-24-16-20-9-11(10-21-16)14(23)22-15(19)17(7-2-8-17)12-3-5-13(18)6-4-12/h3-6,9-10H,2,7-8H2,1H3,(H2,19,22,23). The average Bonchev–Trinajstić information content (AvgIpc) is 2.55. The average molecular weight is 389 g/mol. The van der Waals surface area contributed by atoms with Crippen molar-refractivity contribution in [2.45, 2.75) is 24.7 Å². The minimum atomic E-state index is -0.446. The van der Waals surface area contributed by atoms with Gasteiger partial charge in [-0.1, -0.05) is 34.5 Å². The summed E-state index contributed by atoms with van der Waals surface area (Å²) in [4.78, 5) is 24.3. The summed E-state index contributed by atoms with van der Waals surface area (Å²) >= 11 is 3.43. The van der Waals surface area contributed by atoms with Crippen LogP contribution >= 0.6 is 15.9 Å². The van der Waals surface area contributed by atoms with Gasteiger partial charge in [-0.25, -0.2) is 9.97 Å². The van der Waals surface area contributed by atoms with Gasteiger partial charge < -0.3 is 10.5 Å². The van der Waals surface area contributed by atoms with Crippen molar-refractivity contribution in [1.82, 2.24) is 9.97 Å². The molecule has 2 aromatic rings. The number of aliphatic imine (C=N–C) groups is 1. The van der Waals surface area contributed by atoms with Crippen LogP contribution in [0.3, 0.4) is 0 Å². The van der Waals surface area contributed by atoms with Gasteiger partial charge in [0, 0.05) is 16.9 Å². The second-order valence-electron chi connectivity index (χ2n) is 5.70. The zero-order valence-electron chi connectivity index (χ0n) is 13.2. The van der Waals surface area contributed by atoms with Gasteiger partial charge in [0.25, 0.3) is 5.91 Å². The van der Waals surface area contributed by atoms with E-state index in [1.165, 1.54) is 19.5 Å². The molecule has 7 heteroatoms. The van der Waals surface area contributed by atoms with Gasteiger partial charge in [0.1, 0.15) is 5.84 Å². The smallest absolute Gasteiger partial charge is 0.316 e. The first-order valence-electron chi connectivity index (χ1n) is 7.56. The monoisotopic (exact) mass is 388 g/mol. The highest BCUT2D eigenvalue weighted by molar-refractivity contribution is 9.10. The van der Waals surface area contributed by atoms with Crippen molar-refractivity contribution in [3.05, 3.63) is 52.3 Å². The highest BCUT2D eigenvalue weighted by Crippen LogP contribution is 2.44. The minimum Gasteiger partial charge on any atom is -0.467 e. The number of carbonyl (C=O) groups excluding carboxylic acids is 1. The molecule has 1 fully saturated rings. The van der Waals surface area contributed by atoms with Crippen LogP contribution < -0.4 is 10.5 Å². The van der Waals surface area contributed by atoms with E-state index in [0.29, 0.717) is 5.84 Å². The summed E-state index contributed by atoms with van der Waals surface area (Å²) in [6.45, 7) is 0. The lowest BCUT2D eigenvalue weighted by molar-refractivity contribution is 0.1000. The van der Waals surface area contributed by atoms with Gasteiger partial charge in [-0.2, -0.15) is 4.99 Å². The van der Waals surface area contributed by atoms with Gasteiger partial charge in [-0.3, -0.25) is 4.79 Å². The number of benzene rings is 1. The van der Waals surface area contributed by atoms with Crippen LogP contribution in [0.2, 0.25) is 0 Å². The molecule has 0 radical (unpaired) electrons. The van der Waals surface area contributed by atoms with Crippen LogP contribution in [0, 0.1) is 0 Å². The Balaban J connectivity index is 1.87. The molecule has 1 aromatic carbocycles. The van der Waals surface area contributed by atoms with Gasteiger partial charge in [0.2, 0.25) is 0 Å². The summed E-state index contributed by atoms with van der Waals surface area (Å²) in [6, 6.07) is 8.19. The highest BCUT2D eigenvalue weighted by atomic mass is 79.9. The zero-order valence-corrected chi connectivity index (χ0v) is 14.8. The van der Waals surface area contributed by atoms with Crippen molar-refractivity contribution in [3.63, 3.8) is 0 Å². The van der Waals surface area contributed by atoms with Gasteiger partial charge >= 0.3 is 6.01 Å². The first kappa shape index (κ1) is 16.6. The molecule has 0 bridgehead atoms. The minimum absolute atomic E-state index is 0.203. The van der Waals surface area contributed by atoms with Crippen molar-refractivity contribution in [2.75, 3.05) is 7.11 Å². The molecule has 0 atom stereocenters. The lowest BCUT2D eigenvalue weighted by Crippen LogP contribution is -2.47. The number of hydrogen-bond acceptors (Lipinski definition) is 4. The summed E-state index contributed by atoms with van der Waals surface area (Å²) in [5.74, 6) is -0.101. The molecule has 0 spiro atoms. The fourth-order valence-corrected chi connectivity index (χ4v) is 3.07. The maximum absolute atomic E-state index is 12.3. The quantitative estimate of drug-likeness (QED) is 0.642. The lowest BCUT2D eigenvalue weighted by Gasteiger charge is -2.41. The Bertz CT molecular complexity index is 768. The van der Waals surface area contributed by atoms with Crippen LogP contribution in [-0.4, -0.2) is 28.8 Å². The summed E-state index contributed by atoms with van der Waals surface area (Å²) in [5, 5.41) is 0. The van der Waals surface area contributed by atoms with Gasteiger partial charge in [0.05, 0.1) is 18.1 Å². The van der Waals surface area contributed by atoms with Crippen molar-refractivity contribution in [3.8, 4) is 6.01 Å². The Kier molecular flexibility index (Phi) is 4.62. The number of amides is 1. The third-order valence-corrected chi connectivity index (χ3v) is 4.90. The third kappa shape index (κ3) is 3.03. The maximum atomic E-state index is 12.3. The summed E-state index contributed by atoms with van der Waals surface area (Å²) < 4.78 is 5.88. The van der Waals surface area contributed by atoms with Crippen molar-refractivity contribution in [2.24, 2.45) is 10.7 Å². The number of methoxy groups -OCH3 is 1. The number of halogens is 1. The number of carbonyl (C=O) groups is 1. The molecule has 6 nitrogen and oxygen atoms in total. The second-order valence-corrected chi connectivity index (χ2v) is 6.62. The zero-order chi connectivity index (χ0) is 17.2. The largest absolute Gasteiger partial charge is 0.467 e. The third-order valence-electron chi connectivity index (χ3n) is 4.37. The van der Waals surface area contributed by atoms with Crippen LogP contribution in [0.25, 0.3) is 0 Å². The second kappa shape index (κ2) is 6.68. The summed E-state index contributed by atoms with van der Waals surface area (Å²) in [7, 11) is 1.46. The number of amidine groups is 1. The molecule has 1 heterocycles. The Morgan fingerprint density at radius 2 is 1.88 bits per heavy atom. The van der Waals surface area contributed by atoms with E-state index in [9.17, 15) is 4.79 Å². The molecule has 1 aliphatic carbocycles. The Morgan fingerprint density at radius 1 is 1.25 bits per heavy atom. The normalized spacial score (nSPS) is 16.3. The molecule has 0 aliphatic heterocycles. The molecular weight excluding hydrogens is 372 g/mol. The van der Waals surface area contributed by atoms with Crippen LogP contribution in [-0.2, 0) is 5.41 Å². The number of nitrogens with two attached hydrogens (primary N) is 1. The van der Waals surface area contributed by atoms with Gasteiger partial charge in [-0.15, -0.1) is 0 Å². The van der Waals surface area contributed by atoms with E-state index in [1.807, 2.05) is 24.3 Å². The molecule has 124 valence electrons. The predicted molar refractivity (Wildman–Crippen MR) is 94.2 cm³/mol. The number of hydrogen-bond donors (Lipinski definition) is 1. The van der Waals surface area contributed by atoms with Crippen molar-refractivity contribution >= 4 is 27.7 Å². The number of nitrogens with zero attached hydrogens (tertiary/aromatic N) is 3. The lowest BCUT2D eigenvalue weighted by atomic mass is 9.63. The first-order chi connectivity index (χ1) is 11.5. The summed E-state index contributed by atoms with van der Waals surface area (Å²) in [5.41, 5.74) is 7.23. The molecule has 1 amide bonds. The highest BCUT2D eigenvalue weighted by Gasteiger charge is 2.42. The molecule has 1 saturated carbocycles. The molecule has 1 aromatic heterocycles. The van der Waals surface area contributed by atoms with Crippen molar-refractivity contribution < 1.29 is 9.53 Å². The molecule has 1 aliphatic rings. The van der Waals surface area contributed by atoms with Gasteiger partial charge in [-0.05, 0) is 30.5 Å². The number of rotatable bonds is 4. The van der Waals surface area contributed by atoms with E-state index < -0.39 is 5.91 Å². The SMILES string of the molecule is COc1ncc(C(=O)N=C(N)C2(c3ccc(Br)cc3)CCC2)cn1. The Labute approximate surface area is 148 Å². The number of ether oxygens (including phenoxy) is 1. The van der Waals surface area contributed by atoms with Crippen molar-refractivity contribution in [1.29, 1.82) is 0 Å². The fraction of sp³-hybridized carbons (Fsp3) is 0.294. The Hall–Kier alpha value is -2.28. The molecule has 2 N–H and O–H groups in total. The fourth-order valence-electron chi connectivity index (χ4n) is 2.80. The van der Waals surface area contributed by atoms with E-state index >= 15 is 0 Å². The predicted octanol–water partition coefficient (Wildman–Crippen LogP) is 2.87. The van der Waals surface area contributed by atoms with E-state index in [4.69, 9.17) is 10.5 Å². The van der Waals surface area contributed by atoms with E-state index in [-0.39, 0.29) is 17.0 Å². The van der Waals surface area contributed by atoms with Crippen LogP contribution in [0.5, 0.6) is 6.01 Å². The molecule has 24 heavy (non-hydrogen) atoms. The van der Waals surface area contributed by atoms with Gasteiger partial charge in [0.15, 0.2) is 0 Å².